The van der Waals surface area contributed by atoms with Gasteiger partial charge in [-0.05, 0) is 49.9 Å². The van der Waals surface area contributed by atoms with Crippen LogP contribution in [0.25, 0.3) is 0 Å². The smallest absolute Gasteiger partial charge is 0.143 e. The highest BCUT2D eigenvalue weighted by Gasteiger charge is 2.23. The zero-order valence-corrected chi connectivity index (χ0v) is 13.6. The molecule has 21 heavy (non-hydrogen) atoms. The molecule has 1 aliphatic heterocycles. The fourth-order valence-electron chi connectivity index (χ4n) is 2.96. The van der Waals surface area contributed by atoms with Crippen molar-refractivity contribution >= 4 is 5.69 Å². The van der Waals surface area contributed by atoms with E-state index in [1.54, 1.807) is 0 Å². The van der Waals surface area contributed by atoms with E-state index in [2.05, 4.69) is 48.9 Å². The Hall–Kier alpha value is -1.22. The molecule has 1 saturated carbocycles. The molecule has 0 spiro atoms. The number of nitrogens with zero attached hydrogens (tertiary/aromatic N) is 2. The molecule has 0 N–H and O–H groups in total. The van der Waals surface area contributed by atoms with Crippen LogP contribution < -0.4 is 9.64 Å². The summed E-state index contributed by atoms with van der Waals surface area (Å²) in [5.74, 6) is 1.66. The van der Waals surface area contributed by atoms with E-state index < -0.39 is 0 Å². The third kappa shape index (κ3) is 3.34. The lowest BCUT2D eigenvalue weighted by molar-refractivity contribution is 0.120. The van der Waals surface area contributed by atoms with Crippen LogP contribution in [0.1, 0.15) is 44.6 Å². The average Bonchev–Trinajstić information content (AvgIpc) is 2.43. The molecule has 3 nitrogen and oxygen atoms in total. The van der Waals surface area contributed by atoms with E-state index in [1.807, 2.05) is 0 Å². The summed E-state index contributed by atoms with van der Waals surface area (Å²) in [4.78, 5) is 4.88. The molecule has 0 atom stereocenters. The van der Waals surface area contributed by atoms with Crippen LogP contribution in [0, 0.1) is 0 Å². The summed E-state index contributed by atoms with van der Waals surface area (Å²) in [7, 11) is 2.20. The quantitative estimate of drug-likeness (QED) is 0.843. The van der Waals surface area contributed by atoms with Gasteiger partial charge in [0.05, 0.1) is 11.8 Å². The van der Waals surface area contributed by atoms with E-state index in [-0.39, 0.29) is 0 Å². The number of anilines is 1. The molecule has 0 aromatic heterocycles. The van der Waals surface area contributed by atoms with Gasteiger partial charge in [-0.3, -0.25) is 0 Å². The molecular formula is C18H28N2O. The lowest BCUT2D eigenvalue weighted by Gasteiger charge is -2.36. The molecule has 3 rings (SSSR count). The van der Waals surface area contributed by atoms with Crippen molar-refractivity contribution in [1.82, 2.24) is 4.90 Å². The highest BCUT2D eigenvalue weighted by Crippen LogP contribution is 2.35. The first-order chi connectivity index (χ1) is 10.1. The Bertz CT molecular complexity index is 474. The summed E-state index contributed by atoms with van der Waals surface area (Å²) in [5, 5.41) is 0. The lowest BCUT2D eigenvalue weighted by atomic mass is 9.96. The summed E-state index contributed by atoms with van der Waals surface area (Å²) in [5.41, 5.74) is 2.67. The van der Waals surface area contributed by atoms with Crippen molar-refractivity contribution in [3.63, 3.8) is 0 Å². The highest BCUT2D eigenvalue weighted by atomic mass is 16.5. The Morgan fingerprint density at radius 1 is 1.10 bits per heavy atom. The van der Waals surface area contributed by atoms with Crippen molar-refractivity contribution in [2.24, 2.45) is 0 Å². The maximum absolute atomic E-state index is 6.30. The minimum absolute atomic E-state index is 0.443. The van der Waals surface area contributed by atoms with Gasteiger partial charge in [-0.2, -0.15) is 0 Å². The zero-order valence-electron chi connectivity index (χ0n) is 13.6. The number of benzene rings is 1. The van der Waals surface area contributed by atoms with E-state index in [0.29, 0.717) is 12.0 Å². The summed E-state index contributed by atoms with van der Waals surface area (Å²) >= 11 is 0. The molecule has 2 fully saturated rings. The second kappa shape index (κ2) is 6.27. The van der Waals surface area contributed by atoms with E-state index in [0.717, 1.165) is 31.9 Å². The van der Waals surface area contributed by atoms with Crippen LogP contribution in [0.4, 0.5) is 5.69 Å². The Labute approximate surface area is 128 Å². The maximum Gasteiger partial charge on any atom is 0.143 e. The third-order valence-electron chi connectivity index (χ3n) is 4.84. The highest BCUT2D eigenvalue weighted by molar-refractivity contribution is 5.60. The minimum Gasteiger partial charge on any atom is -0.488 e. The molecule has 1 aliphatic carbocycles. The molecular weight excluding hydrogens is 260 g/mol. The largest absolute Gasteiger partial charge is 0.488 e. The first-order valence-electron chi connectivity index (χ1n) is 8.37. The fraction of sp³-hybridized carbons (Fsp3) is 0.667. The zero-order chi connectivity index (χ0) is 14.8. The van der Waals surface area contributed by atoms with Crippen LogP contribution in [0.5, 0.6) is 5.75 Å². The number of hydrogen-bond acceptors (Lipinski definition) is 3. The van der Waals surface area contributed by atoms with Crippen LogP contribution in [-0.4, -0.2) is 44.2 Å². The predicted octanol–water partition coefficient (Wildman–Crippen LogP) is 3.49. The monoisotopic (exact) mass is 288 g/mol. The van der Waals surface area contributed by atoms with E-state index in [1.165, 1.54) is 30.5 Å². The Morgan fingerprint density at radius 2 is 1.81 bits per heavy atom. The van der Waals surface area contributed by atoms with E-state index in [9.17, 15) is 0 Å². The molecule has 3 heteroatoms. The van der Waals surface area contributed by atoms with Gasteiger partial charge in [0.2, 0.25) is 0 Å². The third-order valence-corrected chi connectivity index (χ3v) is 4.84. The topological polar surface area (TPSA) is 15.7 Å². The van der Waals surface area contributed by atoms with Gasteiger partial charge in [0.25, 0.3) is 0 Å². The molecule has 1 heterocycles. The van der Waals surface area contributed by atoms with Gasteiger partial charge < -0.3 is 14.5 Å². The average molecular weight is 288 g/mol. The summed E-state index contributed by atoms with van der Waals surface area (Å²) in [6, 6.07) is 6.82. The second-order valence-corrected chi connectivity index (χ2v) is 6.84. The Kier molecular flexibility index (Phi) is 4.39. The minimum atomic E-state index is 0.443. The molecule has 0 amide bonds. The Morgan fingerprint density at radius 3 is 2.38 bits per heavy atom. The molecule has 116 valence electrons. The predicted molar refractivity (Wildman–Crippen MR) is 88.5 cm³/mol. The molecule has 0 bridgehead atoms. The van der Waals surface area contributed by atoms with Crippen LogP contribution in [0.2, 0.25) is 0 Å². The molecule has 0 unspecified atom stereocenters. The molecule has 1 aromatic carbocycles. The number of rotatable bonds is 4. The van der Waals surface area contributed by atoms with Crippen molar-refractivity contribution in [2.45, 2.75) is 45.1 Å². The molecule has 1 saturated heterocycles. The second-order valence-electron chi connectivity index (χ2n) is 6.84. The first kappa shape index (κ1) is 14.7. The van der Waals surface area contributed by atoms with Crippen molar-refractivity contribution in [1.29, 1.82) is 0 Å². The van der Waals surface area contributed by atoms with E-state index >= 15 is 0 Å². The van der Waals surface area contributed by atoms with Gasteiger partial charge in [0.1, 0.15) is 5.75 Å². The number of ether oxygens (including phenoxy) is 1. The number of hydrogen-bond donors (Lipinski definition) is 0. The van der Waals surface area contributed by atoms with Crippen molar-refractivity contribution in [3.05, 3.63) is 23.8 Å². The summed E-state index contributed by atoms with van der Waals surface area (Å²) in [6.07, 6.45) is 4.19. The summed E-state index contributed by atoms with van der Waals surface area (Å²) in [6.45, 7) is 8.96. The SMILES string of the molecule is CC(C)c1ccc(N2CCN(C)CC2)c(OC2CCC2)c1. The van der Waals surface area contributed by atoms with Gasteiger partial charge in [-0.1, -0.05) is 19.9 Å². The van der Waals surface area contributed by atoms with Gasteiger partial charge in [0.15, 0.2) is 0 Å². The first-order valence-corrected chi connectivity index (χ1v) is 8.37. The Balaban J connectivity index is 1.82. The molecule has 0 radical (unpaired) electrons. The van der Waals surface area contributed by atoms with Crippen LogP contribution in [0.3, 0.4) is 0 Å². The van der Waals surface area contributed by atoms with Crippen LogP contribution >= 0.6 is 0 Å². The van der Waals surface area contributed by atoms with Crippen molar-refractivity contribution in [2.75, 3.05) is 38.1 Å². The normalized spacial score (nSPS) is 20.7. The van der Waals surface area contributed by atoms with Gasteiger partial charge in [0, 0.05) is 26.2 Å². The fourth-order valence-corrected chi connectivity index (χ4v) is 2.96. The van der Waals surface area contributed by atoms with Crippen molar-refractivity contribution < 1.29 is 4.74 Å². The van der Waals surface area contributed by atoms with Crippen molar-refractivity contribution in [3.8, 4) is 5.75 Å². The van der Waals surface area contributed by atoms with Gasteiger partial charge in [-0.15, -0.1) is 0 Å². The summed E-state index contributed by atoms with van der Waals surface area (Å²) < 4.78 is 6.30. The van der Waals surface area contributed by atoms with Crippen LogP contribution in [0.15, 0.2) is 18.2 Å². The van der Waals surface area contributed by atoms with Gasteiger partial charge in [-0.25, -0.2) is 0 Å². The molecule has 1 aromatic rings. The lowest BCUT2D eigenvalue weighted by Crippen LogP contribution is -2.44. The number of piperazine rings is 1. The number of likely N-dealkylation sites (N-methyl/N-ethyl adjacent to an activating group) is 1. The molecule has 2 aliphatic rings. The van der Waals surface area contributed by atoms with Crippen LogP contribution in [-0.2, 0) is 0 Å². The van der Waals surface area contributed by atoms with E-state index in [4.69, 9.17) is 4.74 Å². The van der Waals surface area contributed by atoms with Gasteiger partial charge >= 0.3 is 0 Å². The standard InChI is InChI=1S/C18H28N2O/c1-14(2)15-7-8-17(20-11-9-19(3)10-12-20)18(13-15)21-16-5-4-6-16/h7-8,13-14,16H,4-6,9-12H2,1-3H3. The maximum atomic E-state index is 6.30.